The number of aliphatic hydroxyl groups is 1. The van der Waals surface area contributed by atoms with Crippen molar-refractivity contribution in [3.05, 3.63) is 0 Å². The smallest absolute Gasteiger partial charge is 0.326 e. The van der Waals surface area contributed by atoms with Gasteiger partial charge in [0.25, 0.3) is 0 Å². The number of carbonyl (C=O) groups is 5. The Bertz CT molecular complexity index is 771. The standard InChI is InChI=1S/C20H37N7O8/c1-10(2)8-11(21)16(31)27-14(9-28)18(33)25-12(5-6-15(29)30)17(32)26-13(19(34)35)4-3-7-24-20(22)23/h10-14,28H,3-9,21H2,1-2H3,(H,25,33)(H,26,32)(H,27,31)(H,29,30)(H,34,35)(H4,22,23,24). The summed E-state index contributed by atoms with van der Waals surface area (Å²) in [6.45, 7) is 3.00. The van der Waals surface area contributed by atoms with Crippen LogP contribution in [0.3, 0.4) is 0 Å². The summed E-state index contributed by atoms with van der Waals surface area (Å²) in [7, 11) is 0. The lowest BCUT2D eigenvalue weighted by Crippen LogP contribution is -2.58. The summed E-state index contributed by atoms with van der Waals surface area (Å²) >= 11 is 0. The molecule has 35 heavy (non-hydrogen) atoms. The van der Waals surface area contributed by atoms with Crippen molar-refractivity contribution in [3.8, 4) is 0 Å². The molecule has 0 fully saturated rings. The first kappa shape index (κ1) is 31.5. The van der Waals surface area contributed by atoms with Crippen LogP contribution in [0.15, 0.2) is 4.99 Å². The molecule has 0 aromatic carbocycles. The summed E-state index contributed by atoms with van der Waals surface area (Å²) in [5, 5.41) is 34.7. The lowest BCUT2D eigenvalue weighted by molar-refractivity contribution is -0.143. The Morgan fingerprint density at radius 2 is 1.40 bits per heavy atom. The van der Waals surface area contributed by atoms with Crippen LogP contribution in [0.5, 0.6) is 0 Å². The molecule has 0 aliphatic heterocycles. The highest BCUT2D eigenvalue weighted by Crippen LogP contribution is 2.05. The number of aliphatic carboxylic acids is 2. The molecular formula is C20H37N7O8. The summed E-state index contributed by atoms with van der Waals surface area (Å²) in [5.74, 6) is -5.29. The SMILES string of the molecule is CC(C)CC(N)C(=O)NC(CO)C(=O)NC(CCC(=O)O)C(=O)NC(CCCN=C(N)N)C(=O)O. The molecule has 0 aromatic heterocycles. The van der Waals surface area contributed by atoms with Gasteiger partial charge in [-0.2, -0.15) is 0 Å². The molecule has 4 atom stereocenters. The Morgan fingerprint density at radius 1 is 0.857 bits per heavy atom. The molecule has 15 nitrogen and oxygen atoms in total. The van der Waals surface area contributed by atoms with E-state index >= 15 is 0 Å². The van der Waals surface area contributed by atoms with Crippen LogP contribution >= 0.6 is 0 Å². The summed E-state index contributed by atoms with van der Waals surface area (Å²) in [6.07, 6.45) is -0.381. The third-order valence-corrected chi connectivity index (χ3v) is 4.72. The lowest BCUT2D eigenvalue weighted by atomic mass is 10.0. The molecule has 0 bridgehead atoms. The number of nitrogens with two attached hydrogens (primary N) is 3. The number of aliphatic imine (C=N–C) groups is 1. The molecule has 15 heteroatoms. The molecule has 200 valence electrons. The van der Waals surface area contributed by atoms with Crippen molar-refractivity contribution in [2.75, 3.05) is 13.2 Å². The molecule has 0 aliphatic carbocycles. The summed E-state index contributed by atoms with van der Waals surface area (Å²) in [4.78, 5) is 63.7. The van der Waals surface area contributed by atoms with E-state index in [1.54, 1.807) is 0 Å². The zero-order chi connectivity index (χ0) is 27.1. The number of nitrogens with zero attached hydrogens (tertiary/aromatic N) is 1. The minimum Gasteiger partial charge on any atom is -0.481 e. The third-order valence-electron chi connectivity index (χ3n) is 4.72. The van der Waals surface area contributed by atoms with E-state index in [0.29, 0.717) is 6.42 Å². The Hall–Kier alpha value is -3.46. The van der Waals surface area contributed by atoms with E-state index < -0.39 is 66.9 Å². The van der Waals surface area contributed by atoms with E-state index in [4.69, 9.17) is 22.3 Å². The van der Waals surface area contributed by atoms with Crippen molar-refractivity contribution in [1.82, 2.24) is 16.0 Å². The van der Waals surface area contributed by atoms with Gasteiger partial charge in [0.2, 0.25) is 17.7 Å². The maximum Gasteiger partial charge on any atom is 0.326 e. The van der Waals surface area contributed by atoms with Gasteiger partial charge in [0.05, 0.1) is 12.6 Å². The van der Waals surface area contributed by atoms with Gasteiger partial charge < -0.3 is 48.5 Å². The number of hydrogen-bond donors (Lipinski definition) is 9. The minimum atomic E-state index is -1.46. The van der Waals surface area contributed by atoms with Crippen molar-refractivity contribution >= 4 is 35.6 Å². The van der Waals surface area contributed by atoms with Crippen LogP contribution in [0.2, 0.25) is 0 Å². The third kappa shape index (κ3) is 13.7. The molecule has 0 saturated heterocycles. The molecule has 0 aromatic rings. The summed E-state index contributed by atoms with van der Waals surface area (Å²) in [6, 6.07) is -5.20. The quantitative estimate of drug-likeness (QED) is 0.0541. The van der Waals surface area contributed by atoms with Crippen LogP contribution in [0.4, 0.5) is 0 Å². The van der Waals surface area contributed by atoms with Crippen molar-refractivity contribution < 1.29 is 39.3 Å². The number of nitrogens with one attached hydrogen (secondary N) is 3. The van der Waals surface area contributed by atoms with E-state index in [2.05, 4.69) is 20.9 Å². The van der Waals surface area contributed by atoms with Gasteiger partial charge in [-0.1, -0.05) is 13.8 Å². The first-order chi connectivity index (χ1) is 16.3. The maximum absolute atomic E-state index is 12.7. The van der Waals surface area contributed by atoms with E-state index in [9.17, 15) is 34.2 Å². The predicted molar refractivity (Wildman–Crippen MR) is 125 cm³/mol. The first-order valence-electron chi connectivity index (χ1n) is 11.1. The van der Waals surface area contributed by atoms with Crippen LogP contribution in [0.1, 0.15) is 46.0 Å². The zero-order valence-corrected chi connectivity index (χ0v) is 19.9. The minimum absolute atomic E-state index is 0.0412. The highest BCUT2D eigenvalue weighted by Gasteiger charge is 2.30. The van der Waals surface area contributed by atoms with Crippen molar-refractivity contribution in [3.63, 3.8) is 0 Å². The molecule has 0 saturated carbocycles. The molecule has 4 unspecified atom stereocenters. The Labute approximate surface area is 202 Å². The normalized spacial score (nSPS) is 14.2. The van der Waals surface area contributed by atoms with Gasteiger partial charge in [0, 0.05) is 13.0 Å². The number of hydrogen-bond acceptors (Lipinski definition) is 8. The number of amides is 3. The molecule has 0 aliphatic rings. The van der Waals surface area contributed by atoms with Gasteiger partial charge in [-0.05, 0) is 31.6 Å². The fourth-order valence-corrected chi connectivity index (χ4v) is 2.93. The molecular weight excluding hydrogens is 466 g/mol. The van der Waals surface area contributed by atoms with Gasteiger partial charge >= 0.3 is 11.9 Å². The fraction of sp³-hybridized carbons (Fsp3) is 0.700. The first-order valence-corrected chi connectivity index (χ1v) is 11.1. The van der Waals surface area contributed by atoms with E-state index in [0.717, 1.165) is 0 Å². The Balaban J connectivity index is 5.32. The van der Waals surface area contributed by atoms with Gasteiger partial charge in [-0.3, -0.25) is 24.2 Å². The van der Waals surface area contributed by atoms with Crippen LogP contribution in [-0.2, 0) is 24.0 Å². The zero-order valence-electron chi connectivity index (χ0n) is 19.9. The number of aliphatic hydroxyl groups excluding tert-OH is 1. The van der Waals surface area contributed by atoms with Crippen LogP contribution in [-0.4, -0.2) is 88.3 Å². The highest BCUT2D eigenvalue weighted by atomic mass is 16.4. The second-order valence-electron chi connectivity index (χ2n) is 8.32. The summed E-state index contributed by atoms with van der Waals surface area (Å²) in [5.41, 5.74) is 16.2. The molecule has 12 N–H and O–H groups in total. The number of guanidine groups is 1. The highest BCUT2D eigenvalue weighted by molar-refractivity contribution is 5.94. The lowest BCUT2D eigenvalue weighted by Gasteiger charge is -2.24. The fourth-order valence-electron chi connectivity index (χ4n) is 2.93. The van der Waals surface area contributed by atoms with Crippen molar-refractivity contribution in [1.29, 1.82) is 0 Å². The van der Waals surface area contributed by atoms with E-state index in [1.807, 2.05) is 13.8 Å². The molecule has 3 amide bonds. The molecule has 0 heterocycles. The Kier molecular flexibility index (Phi) is 14.6. The molecule has 0 spiro atoms. The summed E-state index contributed by atoms with van der Waals surface area (Å²) < 4.78 is 0. The van der Waals surface area contributed by atoms with Crippen LogP contribution < -0.4 is 33.2 Å². The van der Waals surface area contributed by atoms with Gasteiger partial charge in [-0.15, -0.1) is 0 Å². The second-order valence-corrected chi connectivity index (χ2v) is 8.32. The topological polar surface area (TPSA) is 273 Å². The number of carboxylic acids is 2. The average Bonchev–Trinajstić information content (AvgIpc) is 2.75. The molecule has 0 rings (SSSR count). The molecule has 0 radical (unpaired) electrons. The monoisotopic (exact) mass is 503 g/mol. The van der Waals surface area contributed by atoms with Crippen LogP contribution in [0, 0.1) is 5.92 Å². The number of rotatable bonds is 17. The van der Waals surface area contributed by atoms with E-state index in [1.165, 1.54) is 0 Å². The number of carbonyl (C=O) groups excluding carboxylic acids is 3. The maximum atomic E-state index is 12.7. The number of carboxylic acid groups (broad SMARTS) is 2. The second kappa shape index (κ2) is 16.2. The van der Waals surface area contributed by atoms with E-state index in [-0.39, 0.29) is 37.7 Å². The Morgan fingerprint density at radius 3 is 1.89 bits per heavy atom. The van der Waals surface area contributed by atoms with Crippen LogP contribution in [0.25, 0.3) is 0 Å². The van der Waals surface area contributed by atoms with Gasteiger partial charge in [0.1, 0.15) is 18.1 Å². The van der Waals surface area contributed by atoms with Gasteiger partial charge in [0.15, 0.2) is 5.96 Å². The average molecular weight is 504 g/mol. The predicted octanol–water partition coefficient (Wildman–Crippen LogP) is -3.19. The van der Waals surface area contributed by atoms with Gasteiger partial charge in [-0.25, -0.2) is 4.79 Å². The van der Waals surface area contributed by atoms with Crippen molar-refractivity contribution in [2.24, 2.45) is 28.1 Å². The largest absolute Gasteiger partial charge is 0.481 e. The van der Waals surface area contributed by atoms with Crippen molar-refractivity contribution in [2.45, 2.75) is 70.1 Å².